The van der Waals surface area contributed by atoms with Crippen molar-refractivity contribution in [2.75, 3.05) is 18.0 Å². The molecule has 1 saturated heterocycles. The summed E-state index contributed by atoms with van der Waals surface area (Å²) < 4.78 is 26.4. The summed E-state index contributed by atoms with van der Waals surface area (Å²) in [5.74, 6) is -4.28. The van der Waals surface area contributed by atoms with Gasteiger partial charge in [-0.3, -0.25) is 0 Å². The molecule has 1 N–H and O–H groups in total. The van der Waals surface area contributed by atoms with Gasteiger partial charge in [0, 0.05) is 23.9 Å². The highest BCUT2D eigenvalue weighted by atomic mass is 32.1. The van der Waals surface area contributed by atoms with Crippen LogP contribution >= 0.6 is 11.3 Å². The summed E-state index contributed by atoms with van der Waals surface area (Å²) in [6, 6.07) is 0. The first-order valence-electron chi connectivity index (χ1n) is 6.12. The highest BCUT2D eigenvalue weighted by molar-refractivity contribution is 7.15. The molecule has 1 aliphatic heterocycles. The molecule has 0 aliphatic carbocycles. The van der Waals surface area contributed by atoms with Crippen LogP contribution in [0, 0.1) is 12.8 Å². The first-order valence-corrected chi connectivity index (χ1v) is 6.94. The molecule has 0 saturated carbocycles. The number of carboxylic acids is 1. The predicted octanol–water partition coefficient (Wildman–Crippen LogP) is 3.02. The number of alkyl halides is 2. The number of hydrogen-bond donors (Lipinski definition) is 1. The van der Waals surface area contributed by atoms with E-state index in [2.05, 4.69) is 4.98 Å². The molecule has 2 rings (SSSR count). The molecule has 1 fully saturated rings. The van der Waals surface area contributed by atoms with Crippen LogP contribution in [0.2, 0.25) is 0 Å². The fourth-order valence-electron chi connectivity index (χ4n) is 2.29. The lowest BCUT2D eigenvalue weighted by molar-refractivity contribution is -0.0481. The van der Waals surface area contributed by atoms with E-state index in [1.165, 1.54) is 11.3 Å². The molecule has 2 heterocycles. The van der Waals surface area contributed by atoms with Crippen LogP contribution in [0.15, 0.2) is 0 Å². The zero-order valence-corrected chi connectivity index (χ0v) is 11.6. The molecule has 1 aromatic heterocycles. The van der Waals surface area contributed by atoms with Gasteiger partial charge < -0.3 is 10.0 Å². The average Bonchev–Trinajstić information content (AvgIpc) is 2.70. The Hall–Kier alpha value is -1.24. The maximum Gasteiger partial charge on any atom is 0.355 e. The van der Waals surface area contributed by atoms with E-state index in [9.17, 15) is 13.6 Å². The Morgan fingerprint density at radius 3 is 2.47 bits per heavy atom. The predicted molar refractivity (Wildman–Crippen MR) is 69.4 cm³/mol. The molecule has 7 heteroatoms. The molecule has 106 valence electrons. The van der Waals surface area contributed by atoms with Crippen LogP contribution in [0.25, 0.3) is 0 Å². The van der Waals surface area contributed by atoms with Crippen molar-refractivity contribution in [3.8, 4) is 0 Å². The van der Waals surface area contributed by atoms with E-state index < -0.39 is 17.8 Å². The lowest BCUT2D eigenvalue weighted by atomic mass is 9.91. The fourth-order valence-corrected chi connectivity index (χ4v) is 3.25. The van der Waals surface area contributed by atoms with Crippen molar-refractivity contribution >= 4 is 22.4 Å². The Morgan fingerprint density at radius 2 is 2.05 bits per heavy atom. The third kappa shape index (κ3) is 3.02. The van der Waals surface area contributed by atoms with Crippen molar-refractivity contribution < 1.29 is 18.7 Å². The van der Waals surface area contributed by atoms with E-state index in [1.54, 1.807) is 6.92 Å². The molecule has 4 nitrogen and oxygen atoms in total. The normalized spacial score (nSPS) is 17.8. The Bertz CT molecular complexity index is 477. The number of nitrogens with zero attached hydrogens (tertiary/aromatic N) is 2. The fraction of sp³-hybridized carbons (Fsp3) is 0.667. The molecule has 0 amide bonds. The number of rotatable bonds is 3. The van der Waals surface area contributed by atoms with E-state index in [-0.39, 0.29) is 5.69 Å². The molecule has 19 heavy (non-hydrogen) atoms. The van der Waals surface area contributed by atoms with Crippen LogP contribution < -0.4 is 4.90 Å². The van der Waals surface area contributed by atoms with Crippen LogP contribution in [-0.4, -0.2) is 35.1 Å². The van der Waals surface area contributed by atoms with Gasteiger partial charge in [0.1, 0.15) is 0 Å². The van der Waals surface area contributed by atoms with Crippen molar-refractivity contribution in [2.24, 2.45) is 5.92 Å². The van der Waals surface area contributed by atoms with Crippen molar-refractivity contribution in [3.63, 3.8) is 0 Å². The number of piperidine rings is 1. The van der Waals surface area contributed by atoms with Crippen molar-refractivity contribution in [1.29, 1.82) is 0 Å². The van der Waals surface area contributed by atoms with E-state index in [4.69, 9.17) is 5.11 Å². The molecule has 0 bridgehead atoms. The van der Waals surface area contributed by atoms with Crippen LogP contribution in [0.3, 0.4) is 0 Å². The summed E-state index contributed by atoms with van der Waals surface area (Å²) in [4.78, 5) is 17.5. The molecular formula is C12H16F2N2O2S. The number of aromatic carboxylic acids is 1. The Morgan fingerprint density at radius 1 is 1.47 bits per heavy atom. The van der Waals surface area contributed by atoms with Gasteiger partial charge in [-0.25, -0.2) is 18.6 Å². The van der Waals surface area contributed by atoms with Gasteiger partial charge in [0.25, 0.3) is 0 Å². The third-order valence-electron chi connectivity index (χ3n) is 3.47. The minimum atomic E-state index is -2.64. The second-order valence-corrected chi connectivity index (χ2v) is 6.11. The first-order chi connectivity index (χ1) is 8.79. The van der Waals surface area contributed by atoms with Gasteiger partial charge in [-0.1, -0.05) is 0 Å². The topological polar surface area (TPSA) is 53.4 Å². The van der Waals surface area contributed by atoms with Crippen LogP contribution in [0.1, 0.15) is 35.1 Å². The quantitative estimate of drug-likeness (QED) is 0.929. The number of halogens is 2. The number of aromatic nitrogens is 1. The van der Waals surface area contributed by atoms with Gasteiger partial charge in [0.2, 0.25) is 5.92 Å². The number of aryl methyl sites for hydroxylation is 1. The number of carbonyl (C=O) groups is 1. The molecule has 0 radical (unpaired) electrons. The zero-order chi connectivity index (χ0) is 14.2. The average molecular weight is 290 g/mol. The van der Waals surface area contributed by atoms with Gasteiger partial charge in [-0.15, -0.1) is 11.3 Å². The van der Waals surface area contributed by atoms with Crippen LogP contribution in [0.5, 0.6) is 0 Å². The first kappa shape index (κ1) is 14.2. The van der Waals surface area contributed by atoms with E-state index in [0.717, 1.165) is 6.92 Å². The summed E-state index contributed by atoms with van der Waals surface area (Å²) in [7, 11) is 0. The second-order valence-electron chi connectivity index (χ2n) is 4.92. The lowest BCUT2D eigenvalue weighted by Crippen LogP contribution is -2.39. The maximum atomic E-state index is 13.2. The smallest absolute Gasteiger partial charge is 0.355 e. The lowest BCUT2D eigenvalue weighted by Gasteiger charge is -2.34. The van der Waals surface area contributed by atoms with E-state index in [0.29, 0.717) is 35.9 Å². The number of carboxylic acid groups (broad SMARTS) is 1. The minimum Gasteiger partial charge on any atom is -0.476 e. The molecular weight excluding hydrogens is 274 g/mol. The third-order valence-corrected chi connectivity index (χ3v) is 4.50. The highest BCUT2D eigenvalue weighted by Gasteiger charge is 2.37. The molecule has 0 aromatic carbocycles. The number of hydrogen-bond acceptors (Lipinski definition) is 4. The van der Waals surface area contributed by atoms with Gasteiger partial charge in [-0.2, -0.15) is 0 Å². The summed E-state index contributed by atoms with van der Waals surface area (Å²) in [6.45, 7) is 3.67. The standard InChI is InChI=1S/C12H16F2N2O2S/c1-7-9(10(17)18)15-11(19-7)16-5-3-8(4-6-16)12(2,13)14/h8H,3-6H2,1-2H3,(H,17,18). The van der Waals surface area contributed by atoms with Crippen LogP contribution in [-0.2, 0) is 0 Å². The molecule has 0 atom stereocenters. The summed E-state index contributed by atoms with van der Waals surface area (Å²) in [6.07, 6.45) is 0.815. The monoisotopic (exact) mass is 290 g/mol. The summed E-state index contributed by atoms with van der Waals surface area (Å²) in [5.41, 5.74) is 0.0583. The summed E-state index contributed by atoms with van der Waals surface area (Å²) >= 11 is 1.30. The van der Waals surface area contributed by atoms with Crippen molar-refractivity contribution in [3.05, 3.63) is 10.6 Å². The molecule has 0 spiro atoms. The van der Waals surface area contributed by atoms with Crippen molar-refractivity contribution in [2.45, 2.75) is 32.6 Å². The van der Waals surface area contributed by atoms with E-state index >= 15 is 0 Å². The maximum absolute atomic E-state index is 13.2. The number of anilines is 1. The summed E-state index contributed by atoms with van der Waals surface area (Å²) in [5, 5.41) is 9.57. The Kier molecular flexibility index (Phi) is 3.75. The Labute approximate surface area is 114 Å². The highest BCUT2D eigenvalue weighted by Crippen LogP contribution is 2.35. The van der Waals surface area contributed by atoms with E-state index in [1.807, 2.05) is 4.90 Å². The van der Waals surface area contributed by atoms with Crippen molar-refractivity contribution in [1.82, 2.24) is 4.98 Å². The zero-order valence-electron chi connectivity index (χ0n) is 10.8. The molecule has 1 aliphatic rings. The Balaban J connectivity index is 2.06. The SMILES string of the molecule is Cc1sc(N2CCC(C(C)(F)F)CC2)nc1C(=O)O. The largest absolute Gasteiger partial charge is 0.476 e. The number of thiazole rings is 1. The van der Waals surface area contributed by atoms with Gasteiger partial charge in [0.05, 0.1) is 0 Å². The molecule has 0 unspecified atom stereocenters. The van der Waals surface area contributed by atoms with Crippen LogP contribution in [0.4, 0.5) is 13.9 Å². The minimum absolute atomic E-state index is 0.0583. The second kappa shape index (κ2) is 5.03. The van der Waals surface area contributed by atoms with Gasteiger partial charge in [-0.05, 0) is 26.7 Å². The molecule has 1 aromatic rings. The van der Waals surface area contributed by atoms with Gasteiger partial charge in [0.15, 0.2) is 10.8 Å². The van der Waals surface area contributed by atoms with Gasteiger partial charge >= 0.3 is 5.97 Å².